The third-order valence-corrected chi connectivity index (χ3v) is 5.85. The molecule has 0 bridgehead atoms. The van der Waals surface area contributed by atoms with Crippen LogP contribution in [-0.4, -0.2) is 14.3 Å². The first-order valence-electron chi connectivity index (χ1n) is 8.70. The van der Waals surface area contributed by atoms with Gasteiger partial charge in [0.1, 0.15) is 6.54 Å². The van der Waals surface area contributed by atoms with Gasteiger partial charge in [0.2, 0.25) is 0 Å². The van der Waals surface area contributed by atoms with Crippen molar-refractivity contribution in [2.24, 2.45) is 0 Å². The van der Waals surface area contributed by atoms with Crippen LogP contribution in [0.2, 0.25) is 5.02 Å². The van der Waals surface area contributed by atoms with E-state index in [4.69, 9.17) is 11.6 Å². The molecule has 1 atom stereocenters. The Hall–Kier alpha value is -2.67. The first-order valence-corrected chi connectivity index (χ1v) is 10.6. The van der Waals surface area contributed by atoms with Crippen LogP contribution in [0.5, 0.6) is 0 Å². The average Bonchev–Trinajstić information content (AvgIpc) is 2.71. The van der Waals surface area contributed by atoms with Gasteiger partial charge in [0, 0.05) is 16.1 Å². The predicted molar refractivity (Wildman–Crippen MR) is 108 cm³/mol. The van der Waals surface area contributed by atoms with Crippen LogP contribution in [0.15, 0.2) is 89.8 Å². The van der Waals surface area contributed by atoms with Crippen molar-refractivity contribution in [2.45, 2.75) is 17.5 Å². The Morgan fingerprint density at radius 3 is 2.07 bits per heavy atom. The summed E-state index contributed by atoms with van der Waals surface area (Å²) in [4.78, 5) is 12.9. The molecule has 5 nitrogen and oxygen atoms in total. The Balaban J connectivity index is 1.80. The molecule has 0 radical (unpaired) electrons. The van der Waals surface area contributed by atoms with Crippen LogP contribution in [0.4, 0.5) is 0 Å². The second kappa shape index (κ2) is 9.01. The Morgan fingerprint density at radius 2 is 1.46 bits per heavy atom. The number of nitrogens with one attached hydrogen (secondary N) is 1. The molecule has 144 valence electrons. The standard InChI is InChI=1S/C21H19ClN2O3S/c22-18-13-11-16(12-14-18)15-23-20(17-7-3-1-4-8-17)21(25)24-28(26,27)19-9-5-2-6-10-19/h1-14,20,23H,15H2,(H,24,25)/p+1/t20-/m1/s1. The molecule has 0 aliphatic heterocycles. The third kappa shape index (κ3) is 5.19. The summed E-state index contributed by atoms with van der Waals surface area (Å²) in [5, 5.41) is 2.43. The summed E-state index contributed by atoms with van der Waals surface area (Å²) in [6.07, 6.45) is 0. The van der Waals surface area contributed by atoms with Gasteiger partial charge >= 0.3 is 0 Å². The normalized spacial score (nSPS) is 12.3. The van der Waals surface area contributed by atoms with Gasteiger partial charge in [-0.15, -0.1) is 0 Å². The molecule has 0 aliphatic carbocycles. The molecular weight excluding hydrogens is 396 g/mol. The summed E-state index contributed by atoms with van der Waals surface area (Å²) in [6.45, 7) is 0.496. The van der Waals surface area contributed by atoms with Gasteiger partial charge in [0.05, 0.1) is 4.90 Å². The number of hydrogen-bond donors (Lipinski definition) is 2. The fraction of sp³-hybridized carbons (Fsp3) is 0.0952. The Labute approximate surface area is 169 Å². The summed E-state index contributed by atoms with van der Waals surface area (Å²) in [6, 6.07) is 23.5. The van der Waals surface area contributed by atoms with Crippen LogP contribution in [0.25, 0.3) is 0 Å². The van der Waals surface area contributed by atoms with Gasteiger partial charge in [-0.1, -0.05) is 72.3 Å². The number of nitrogens with two attached hydrogens (primary N) is 1. The molecule has 3 rings (SSSR count). The van der Waals surface area contributed by atoms with Gasteiger partial charge < -0.3 is 5.32 Å². The number of halogens is 1. The van der Waals surface area contributed by atoms with Crippen molar-refractivity contribution < 1.29 is 18.5 Å². The van der Waals surface area contributed by atoms with E-state index in [1.165, 1.54) is 12.1 Å². The van der Waals surface area contributed by atoms with E-state index in [1.807, 2.05) is 30.3 Å². The molecule has 3 aromatic carbocycles. The minimum Gasteiger partial charge on any atom is -0.328 e. The van der Waals surface area contributed by atoms with Crippen molar-refractivity contribution in [3.05, 3.63) is 101 Å². The van der Waals surface area contributed by atoms with Crippen LogP contribution in [0, 0.1) is 0 Å². The van der Waals surface area contributed by atoms with Crippen molar-refractivity contribution in [1.82, 2.24) is 4.72 Å². The molecule has 3 N–H and O–H groups in total. The zero-order valence-electron chi connectivity index (χ0n) is 15.0. The number of rotatable bonds is 7. The average molecular weight is 416 g/mol. The highest BCUT2D eigenvalue weighted by Crippen LogP contribution is 2.13. The van der Waals surface area contributed by atoms with E-state index >= 15 is 0 Å². The van der Waals surface area contributed by atoms with Gasteiger partial charge in [-0.25, -0.2) is 13.1 Å². The van der Waals surface area contributed by atoms with E-state index in [0.717, 1.165) is 11.1 Å². The molecule has 0 fully saturated rings. The third-order valence-electron chi connectivity index (χ3n) is 4.23. The van der Waals surface area contributed by atoms with Gasteiger partial charge in [-0.3, -0.25) is 4.79 Å². The fourth-order valence-corrected chi connectivity index (χ4v) is 3.93. The van der Waals surface area contributed by atoms with Crippen molar-refractivity contribution >= 4 is 27.5 Å². The highest BCUT2D eigenvalue weighted by atomic mass is 35.5. The largest absolute Gasteiger partial charge is 0.328 e. The second-order valence-corrected chi connectivity index (χ2v) is 8.36. The maximum absolute atomic E-state index is 12.9. The second-order valence-electron chi connectivity index (χ2n) is 6.24. The van der Waals surface area contributed by atoms with Crippen molar-refractivity contribution in [1.29, 1.82) is 0 Å². The SMILES string of the molecule is O=C(NS(=O)(=O)c1ccccc1)[C@H]([NH2+]Cc1ccc(Cl)cc1)c1ccccc1. The molecule has 0 aromatic heterocycles. The monoisotopic (exact) mass is 415 g/mol. The van der Waals surface area contributed by atoms with Gasteiger partial charge in [-0.05, 0) is 24.3 Å². The smallest absolute Gasteiger partial charge is 0.296 e. The minimum absolute atomic E-state index is 0.0489. The molecule has 3 aromatic rings. The summed E-state index contributed by atoms with van der Waals surface area (Å²) in [5.74, 6) is -0.594. The van der Waals surface area contributed by atoms with E-state index in [0.29, 0.717) is 11.6 Å². The lowest BCUT2D eigenvalue weighted by atomic mass is 10.1. The van der Waals surface area contributed by atoms with Gasteiger partial charge in [-0.2, -0.15) is 0 Å². The lowest BCUT2D eigenvalue weighted by molar-refractivity contribution is -0.698. The zero-order chi connectivity index (χ0) is 20.0. The molecule has 0 saturated heterocycles. The molecule has 0 saturated carbocycles. The van der Waals surface area contributed by atoms with Crippen LogP contribution in [0.1, 0.15) is 17.2 Å². The molecule has 0 spiro atoms. The van der Waals surface area contributed by atoms with Crippen molar-refractivity contribution in [3.8, 4) is 0 Å². The quantitative estimate of drug-likeness (QED) is 0.622. The lowest BCUT2D eigenvalue weighted by Crippen LogP contribution is -2.86. The number of amides is 1. The minimum atomic E-state index is -3.94. The number of sulfonamides is 1. The molecule has 0 aliphatic rings. The zero-order valence-corrected chi connectivity index (χ0v) is 16.5. The molecular formula is C21H20ClN2O3S+. The number of hydrogen-bond acceptors (Lipinski definition) is 3. The topological polar surface area (TPSA) is 79.8 Å². The highest BCUT2D eigenvalue weighted by Gasteiger charge is 2.28. The lowest BCUT2D eigenvalue weighted by Gasteiger charge is -2.16. The Morgan fingerprint density at radius 1 is 0.893 bits per heavy atom. The van der Waals surface area contributed by atoms with E-state index in [-0.39, 0.29) is 4.90 Å². The number of quaternary nitrogens is 1. The first kappa shape index (κ1) is 20.1. The van der Waals surface area contributed by atoms with E-state index in [2.05, 4.69) is 4.72 Å². The summed E-state index contributed by atoms with van der Waals surface area (Å²) >= 11 is 5.91. The number of carbonyl (C=O) groups is 1. The van der Waals surface area contributed by atoms with Crippen LogP contribution in [-0.2, 0) is 21.4 Å². The summed E-state index contributed by atoms with van der Waals surface area (Å²) < 4.78 is 27.3. The Kier molecular flexibility index (Phi) is 6.46. The van der Waals surface area contributed by atoms with Crippen molar-refractivity contribution in [3.63, 3.8) is 0 Å². The molecule has 0 heterocycles. The molecule has 1 amide bonds. The highest BCUT2D eigenvalue weighted by molar-refractivity contribution is 7.90. The number of carbonyl (C=O) groups excluding carboxylic acids is 1. The maximum atomic E-state index is 12.9. The Bertz CT molecular complexity index is 1020. The fourth-order valence-electron chi connectivity index (χ4n) is 2.78. The predicted octanol–water partition coefficient (Wildman–Crippen LogP) is 2.65. The molecule has 28 heavy (non-hydrogen) atoms. The molecule has 0 unspecified atom stereocenters. The molecule has 7 heteroatoms. The van der Waals surface area contributed by atoms with Gasteiger partial charge in [0.15, 0.2) is 6.04 Å². The number of benzene rings is 3. The van der Waals surface area contributed by atoms with Crippen molar-refractivity contribution in [2.75, 3.05) is 0 Å². The van der Waals surface area contributed by atoms with Gasteiger partial charge in [0.25, 0.3) is 15.9 Å². The van der Waals surface area contributed by atoms with E-state index < -0.39 is 22.0 Å². The maximum Gasteiger partial charge on any atom is 0.296 e. The summed E-state index contributed by atoms with van der Waals surface area (Å²) in [7, 11) is -3.94. The summed E-state index contributed by atoms with van der Waals surface area (Å²) in [5.41, 5.74) is 1.70. The van der Waals surface area contributed by atoms with Crippen LogP contribution in [0.3, 0.4) is 0 Å². The van der Waals surface area contributed by atoms with Crippen LogP contribution < -0.4 is 10.0 Å². The van der Waals surface area contributed by atoms with Crippen LogP contribution >= 0.6 is 11.6 Å². The first-order chi connectivity index (χ1) is 13.5. The van der Waals surface area contributed by atoms with E-state index in [1.54, 1.807) is 47.8 Å². The van der Waals surface area contributed by atoms with E-state index in [9.17, 15) is 13.2 Å².